The predicted molar refractivity (Wildman–Crippen MR) is 100 cm³/mol. The Morgan fingerprint density at radius 1 is 1.22 bits per heavy atom. The molecule has 2 aromatic heterocycles. The molecule has 3 rings (SSSR count). The maximum absolute atomic E-state index is 12.3. The molecule has 1 aromatic carbocycles. The van der Waals surface area contributed by atoms with Crippen molar-refractivity contribution in [3.8, 4) is 0 Å². The molecule has 0 fully saturated rings. The van der Waals surface area contributed by atoms with Gasteiger partial charge in [-0.25, -0.2) is 0 Å². The van der Waals surface area contributed by atoms with Crippen LogP contribution in [0.5, 0.6) is 0 Å². The van der Waals surface area contributed by atoms with Gasteiger partial charge in [0.05, 0.1) is 16.8 Å². The zero-order valence-electron chi connectivity index (χ0n) is 14.4. The lowest BCUT2D eigenvalue weighted by atomic mass is 10.1. The van der Waals surface area contributed by atoms with Crippen LogP contribution < -0.4 is 16.6 Å². The molecule has 4 N–H and O–H groups in total. The summed E-state index contributed by atoms with van der Waals surface area (Å²) in [5, 5.41) is 1.02. The van der Waals surface area contributed by atoms with Crippen molar-refractivity contribution in [1.82, 2.24) is 15.8 Å². The van der Waals surface area contributed by atoms with Gasteiger partial charge in [0.25, 0.3) is 5.91 Å². The molecule has 2 amide bonds. The van der Waals surface area contributed by atoms with Gasteiger partial charge in [-0.1, -0.05) is 11.6 Å². The van der Waals surface area contributed by atoms with Crippen LogP contribution in [0.3, 0.4) is 0 Å². The molecule has 27 heavy (non-hydrogen) atoms. The second-order valence-electron chi connectivity index (χ2n) is 5.56. The van der Waals surface area contributed by atoms with Crippen LogP contribution in [0.15, 0.2) is 40.9 Å². The summed E-state index contributed by atoms with van der Waals surface area (Å²) < 4.78 is 10.5. The normalized spacial score (nSPS) is 10.7. The second-order valence-corrected chi connectivity index (χ2v) is 5.99. The summed E-state index contributed by atoms with van der Waals surface area (Å²) >= 11 is 5.97. The molecular weight excluding hydrogens is 372 g/mol. The van der Waals surface area contributed by atoms with Gasteiger partial charge in [-0.05, 0) is 37.3 Å². The minimum atomic E-state index is -0.615. The van der Waals surface area contributed by atoms with Crippen LogP contribution in [0.2, 0.25) is 5.02 Å². The van der Waals surface area contributed by atoms with Gasteiger partial charge >= 0.3 is 5.91 Å². The minimum Gasteiger partial charge on any atom is -0.453 e. The summed E-state index contributed by atoms with van der Waals surface area (Å²) in [5.74, 6) is -0.674. The summed E-state index contributed by atoms with van der Waals surface area (Å²) in [7, 11) is 0. The van der Waals surface area contributed by atoms with Crippen molar-refractivity contribution in [3.05, 3.63) is 58.6 Å². The standard InChI is InChI=1S/C18H17ClN4O4/c1-2-26-9-11-4-6-15(27-11)18(25)23-22-17(24)13-8-21-14-5-3-10(19)7-12(14)16(13)20/h3-8H,2,9H2,1H3,(H2,20,21)(H,22,24)(H,23,25). The Kier molecular flexibility index (Phi) is 5.58. The molecule has 0 bridgehead atoms. The number of hydrogen-bond acceptors (Lipinski definition) is 6. The van der Waals surface area contributed by atoms with Gasteiger partial charge < -0.3 is 14.9 Å². The summed E-state index contributed by atoms with van der Waals surface area (Å²) in [6.07, 6.45) is 1.33. The van der Waals surface area contributed by atoms with Crippen LogP contribution in [0.25, 0.3) is 10.9 Å². The van der Waals surface area contributed by atoms with Crippen molar-refractivity contribution >= 4 is 40.0 Å². The Hall–Kier alpha value is -3.10. The first-order chi connectivity index (χ1) is 13.0. The van der Waals surface area contributed by atoms with E-state index < -0.39 is 11.8 Å². The van der Waals surface area contributed by atoms with Gasteiger partial charge in [0.2, 0.25) is 0 Å². The highest BCUT2D eigenvalue weighted by molar-refractivity contribution is 6.31. The Morgan fingerprint density at radius 2 is 2.00 bits per heavy atom. The largest absolute Gasteiger partial charge is 0.453 e. The number of benzene rings is 1. The monoisotopic (exact) mass is 388 g/mol. The topological polar surface area (TPSA) is 119 Å². The molecule has 140 valence electrons. The molecule has 3 aromatic rings. The third kappa shape index (κ3) is 4.18. The molecule has 9 heteroatoms. The summed E-state index contributed by atoms with van der Waals surface area (Å²) in [6.45, 7) is 2.65. The van der Waals surface area contributed by atoms with Crippen LogP contribution in [-0.2, 0) is 11.3 Å². The van der Waals surface area contributed by atoms with E-state index in [0.717, 1.165) is 0 Å². The third-order valence-corrected chi connectivity index (χ3v) is 3.97. The number of aromatic nitrogens is 1. The smallest absolute Gasteiger partial charge is 0.305 e. The molecular formula is C18H17ClN4O4. The summed E-state index contributed by atoms with van der Waals surface area (Å²) in [6, 6.07) is 8.12. The Bertz CT molecular complexity index is 1000. The lowest BCUT2D eigenvalue weighted by Crippen LogP contribution is -2.41. The number of rotatable bonds is 5. The van der Waals surface area contributed by atoms with Gasteiger partial charge in [-0.3, -0.25) is 25.4 Å². The second kappa shape index (κ2) is 8.07. The van der Waals surface area contributed by atoms with Gasteiger partial charge in [0, 0.05) is 23.2 Å². The van der Waals surface area contributed by atoms with Gasteiger partial charge in [-0.15, -0.1) is 0 Å². The molecule has 0 radical (unpaired) electrons. The lowest BCUT2D eigenvalue weighted by molar-refractivity contribution is 0.0821. The van der Waals surface area contributed by atoms with E-state index in [4.69, 9.17) is 26.5 Å². The third-order valence-electron chi connectivity index (χ3n) is 3.74. The van der Waals surface area contributed by atoms with E-state index in [2.05, 4.69) is 15.8 Å². The van der Waals surface area contributed by atoms with Crippen LogP contribution >= 0.6 is 11.6 Å². The highest BCUT2D eigenvalue weighted by Gasteiger charge is 2.16. The number of halogens is 1. The number of nitrogen functional groups attached to an aromatic ring is 1. The van der Waals surface area contributed by atoms with Crippen LogP contribution in [-0.4, -0.2) is 23.4 Å². The molecule has 0 aliphatic heterocycles. The number of furan rings is 1. The van der Waals surface area contributed by atoms with E-state index in [1.54, 1.807) is 24.3 Å². The van der Waals surface area contributed by atoms with Crippen molar-refractivity contribution in [1.29, 1.82) is 0 Å². The van der Waals surface area contributed by atoms with Crippen molar-refractivity contribution in [3.63, 3.8) is 0 Å². The zero-order valence-corrected chi connectivity index (χ0v) is 15.2. The lowest BCUT2D eigenvalue weighted by Gasteiger charge is -2.10. The number of hydrogen-bond donors (Lipinski definition) is 3. The van der Waals surface area contributed by atoms with E-state index in [1.807, 2.05) is 6.92 Å². The summed E-state index contributed by atoms with van der Waals surface area (Å²) in [4.78, 5) is 28.6. The number of anilines is 1. The van der Waals surface area contributed by atoms with Gasteiger partial charge in [0.1, 0.15) is 12.4 Å². The highest BCUT2D eigenvalue weighted by Crippen LogP contribution is 2.25. The van der Waals surface area contributed by atoms with Gasteiger partial charge in [-0.2, -0.15) is 0 Å². The first kappa shape index (κ1) is 18.7. The number of hydrazine groups is 1. The number of fused-ring (bicyclic) bond motifs is 1. The Labute approximate surface area is 159 Å². The first-order valence-corrected chi connectivity index (χ1v) is 8.48. The van der Waals surface area contributed by atoms with Crippen molar-refractivity contribution < 1.29 is 18.7 Å². The quantitative estimate of drug-likeness (QED) is 0.578. The number of nitrogens with two attached hydrogens (primary N) is 1. The number of amides is 2. The van der Waals surface area contributed by atoms with Crippen molar-refractivity contribution in [2.45, 2.75) is 13.5 Å². The van der Waals surface area contributed by atoms with E-state index >= 15 is 0 Å². The number of carbonyl (C=O) groups excluding carboxylic acids is 2. The fourth-order valence-corrected chi connectivity index (χ4v) is 2.56. The molecule has 0 unspecified atom stereocenters. The van der Waals surface area contributed by atoms with Gasteiger partial charge in [0.15, 0.2) is 5.76 Å². The van der Waals surface area contributed by atoms with E-state index in [-0.39, 0.29) is 23.6 Å². The predicted octanol–water partition coefficient (Wildman–Crippen LogP) is 2.67. The first-order valence-electron chi connectivity index (χ1n) is 8.10. The fourth-order valence-electron chi connectivity index (χ4n) is 2.39. The zero-order chi connectivity index (χ0) is 19.4. The number of ether oxygens (including phenoxy) is 1. The number of nitrogens with one attached hydrogen (secondary N) is 2. The minimum absolute atomic E-state index is 0.0430. The van der Waals surface area contributed by atoms with Crippen LogP contribution in [0.4, 0.5) is 5.69 Å². The average molecular weight is 389 g/mol. The molecule has 0 aliphatic rings. The molecule has 0 atom stereocenters. The number of pyridine rings is 1. The fraction of sp³-hybridized carbons (Fsp3) is 0.167. The van der Waals surface area contributed by atoms with Crippen LogP contribution in [0, 0.1) is 0 Å². The molecule has 0 saturated carbocycles. The van der Waals surface area contributed by atoms with E-state index in [1.165, 1.54) is 12.3 Å². The Balaban J connectivity index is 1.68. The Morgan fingerprint density at radius 3 is 2.78 bits per heavy atom. The van der Waals surface area contributed by atoms with E-state index in [9.17, 15) is 9.59 Å². The molecule has 0 saturated heterocycles. The van der Waals surface area contributed by atoms with Crippen LogP contribution in [0.1, 0.15) is 33.6 Å². The van der Waals surface area contributed by atoms with Crippen molar-refractivity contribution in [2.24, 2.45) is 0 Å². The molecule has 2 heterocycles. The molecule has 0 spiro atoms. The SMILES string of the molecule is CCOCc1ccc(C(=O)NNC(=O)c2cnc3ccc(Cl)cc3c2N)o1. The highest BCUT2D eigenvalue weighted by atomic mass is 35.5. The van der Waals surface area contributed by atoms with E-state index in [0.29, 0.717) is 28.3 Å². The summed E-state index contributed by atoms with van der Waals surface area (Å²) in [5.41, 5.74) is 11.5. The molecule has 0 aliphatic carbocycles. The molecule has 8 nitrogen and oxygen atoms in total. The maximum atomic E-state index is 12.3. The average Bonchev–Trinajstić information content (AvgIpc) is 3.14. The number of nitrogens with zero attached hydrogens (tertiary/aromatic N) is 1. The maximum Gasteiger partial charge on any atom is 0.305 e. The number of carbonyl (C=O) groups is 2. The van der Waals surface area contributed by atoms with Crippen molar-refractivity contribution in [2.75, 3.05) is 12.3 Å².